The highest BCUT2D eigenvalue weighted by Crippen LogP contribution is 2.42. The number of para-hydroxylation sites is 1. The number of amides is 2. The molecular weight excluding hydrogens is 466 g/mol. The second-order valence-corrected chi connectivity index (χ2v) is 7.99. The van der Waals surface area contributed by atoms with E-state index in [0.717, 1.165) is 4.68 Å². The molecule has 0 saturated carbocycles. The lowest BCUT2D eigenvalue weighted by Crippen LogP contribution is -2.21. The first-order valence-corrected chi connectivity index (χ1v) is 10.3. The normalized spacial score (nSPS) is 11.7. The van der Waals surface area contributed by atoms with Crippen LogP contribution in [-0.2, 0) is 12.7 Å². The number of aryl methyl sites for hydroxylation is 1. The van der Waals surface area contributed by atoms with Crippen LogP contribution in [-0.4, -0.2) is 26.6 Å². The number of hydrogen-bond donors (Lipinski definition) is 2. The minimum atomic E-state index is -4.96. The smallest absolute Gasteiger partial charge is 0.366 e. The number of aromatic nitrogens is 3. The number of nitrogens with two attached hydrogens (primary N) is 2. The Hall–Kier alpha value is -4.28. The van der Waals surface area contributed by atoms with Gasteiger partial charge in [-0.3, -0.25) is 14.3 Å². The fraction of sp³-hybridized carbons (Fsp3) is 0.167. The first-order valence-electron chi connectivity index (χ1n) is 10.3. The standard InChI is InChI=1S/C24H19F4N5O2/c1-11-9-14(25)8-7-13(11)10-33-12(2)17(21(32-33)24(26,27)28)19-18(22(29)34)15-5-3-4-6-16(15)31-20(19)23(30)35/h3-9H,10H2,1-2H3,(H2,29,34)(H2,30,35). The molecule has 7 nitrogen and oxygen atoms in total. The van der Waals surface area contributed by atoms with E-state index in [0.29, 0.717) is 11.1 Å². The van der Waals surface area contributed by atoms with E-state index in [2.05, 4.69) is 10.1 Å². The van der Waals surface area contributed by atoms with Crippen molar-refractivity contribution in [3.05, 3.63) is 82.1 Å². The Morgan fingerprint density at radius 3 is 2.29 bits per heavy atom. The van der Waals surface area contributed by atoms with E-state index >= 15 is 0 Å². The Bertz CT molecular complexity index is 1510. The van der Waals surface area contributed by atoms with E-state index in [1.54, 1.807) is 19.1 Å². The Morgan fingerprint density at radius 1 is 1.00 bits per heavy atom. The molecule has 0 aliphatic heterocycles. The van der Waals surface area contributed by atoms with Crippen LogP contribution in [0.4, 0.5) is 17.6 Å². The molecule has 2 amide bonds. The zero-order valence-electron chi connectivity index (χ0n) is 18.6. The second-order valence-electron chi connectivity index (χ2n) is 7.99. The zero-order valence-corrected chi connectivity index (χ0v) is 18.6. The van der Waals surface area contributed by atoms with E-state index in [1.165, 1.54) is 37.3 Å². The highest BCUT2D eigenvalue weighted by atomic mass is 19.4. The van der Waals surface area contributed by atoms with Crippen LogP contribution in [0.3, 0.4) is 0 Å². The largest absolute Gasteiger partial charge is 0.435 e. The molecule has 0 aliphatic rings. The number of nitrogens with zero attached hydrogens (tertiary/aromatic N) is 3. The van der Waals surface area contributed by atoms with E-state index < -0.39 is 46.3 Å². The maximum absolute atomic E-state index is 14.2. The fourth-order valence-corrected chi connectivity index (χ4v) is 4.09. The summed E-state index contributed by atoms with van der Waals surface area (Å²) >= 11 is 0. The third-order valence-corrected chi connectivity index (χ3v) is 5.72. The minimum absolute atomic E-state index is 0.0110. The van der Waals surface area contributed by atoms with Crippen molar-refractivity contribution >= 4 is 22.7 Å². The molecule has 0 fully saturated rings. The van der Waals surface area contributed by atoms with Gasteiger partial charge >= 0.3 is 6.18 Å². The van der Waals surface area contributed by atoms with Gasteiger partial charge in [0.05, 0.1) is 17.6 Å². The summed E-state index contributed by atoms with van der Waals surface area (Å²) in [4.78, 5) is 29.0. The van der Waals surface area contributed by atoms with Gasteiger partial charge in [-0.25, -0.2) is 9.37 Å². The van der Waals surface area contributed by atoms with Gasteiger partial charge in [0.15, 0.2) is 5.69 Å². The number of hydrogen-bond acceptors (Lipinski definition) is 4. The Labute approximate surface area is 196 Å². The Kier molecular flexibility index (Phi) is 5.79. The highest BCUT2D eigenvalue weighted by molar-refractivity contribution is 6.15. The first-order chi connectivity index (χ1) is 16.4. The van der Waals surface area contributed by atoms with Crippen LogP contribution in [0.2, 0.25) is 0 Å². The summed E-state index contributed by atoms with van der Waals surface area (Å²) in [6.45, 7) is 2.85. The molecule has 4 N–H and O–H groups in total. The predicted molar refractivity (Wildman–Crippen MR) is 120 cm³/mol. The minimum Gasteiger partial charge on any atom is -0.366 e. The number of benzene rings is 2. The Morgan fingerprint density at radius 2 is 1.69 bits per heavy atom. The molecular formula is C24H19F4N5O2. The van der Waals surface area contributed by atoms with E-state index in [1.807, 2.05) is 0 Å². The summed E-state index contributed by atoms with van der Waals surface area (Å²) < 4.78 is 57.2. The number of fused-ring (bicyclic) bond motifs is 1. The summed E-state index contributed by atoms with van der Waals surface area (Å²) in [7, 11) is 0. The molecule has 4 aromatic rings. The quantitative estimate of drug-likeness (QED) is 0.414. The van der Waals surface area contributed by atoms with Crippen LogP contribution in [0, 0.1) is 19.7 Å². The van der Waals surface area contributed by atoms with E-state index in [-0.39, 0.29) is 28.7 Å². The number of alkyl halides is 3. The van der Waals surface area contributed by atoms with Crippen molar-refractivity contribution in [3.63, 3.8) is 0 Å². The van der Waals surface area contributed by atoms with Crippen molar-refractivity contribution in [2.45, 2.75) is 26.6 Å². The van der Waals surface area contributed by atoms with Gasteiger partial charge in [-0.15, -0.1) is 0 Å². The highest BCUT2D eigenvalue weighted by Gasteiger charge is 2.41. The third-order valence-electron chi connectivity index (χ3n) is 5.72. The fourth-order valence-electron chi connectivity index (χ4n) is 4.09. The number of rotatable bonds is 5. The van der Waals surface area contributed by atoms with Crippen molar-refractivity contribution in [2.75, 3.05) is 0 Å². The summed E-state index contributed by atoms with van der Waals surface area (Å²) in [5, 5.41) is 3.92. The Balaban J connectivity index is 2.09. The van der Waals surface area contributed by atoms with Crippen LogP contribution in [0.5, 0.6) is 0 Å². The lowest BCUT2D eigenvalue weighted by atomic mass is 9.92. The van der Waals surface area contributed by atoms with Crippen LogP contribution < -0.4 is 11.5 Å². The molecule has 0 unspecified atom stereocenters. The molecule has 4 rings (SSSR count). The third kappa shape index (κ3) is 4.20. The van der Waals surface area contributed by atoms with Gasteiger partial charge in [-0.05, 0) is 43.2 Å². The molecule has 180 valence electrons. The monoisotopic (exact) mass is 485 g/mol. The van der Waals surface area contributed by atoms with Crippen molar-refractivity contribution in [2.24, 2.45) is 11.5 Å². The van der Waals surface area contributed by atoms with Gasteiger partial charge in [0.25, 0.3) is 5.91 Å². The molecule has 2 aromatic heterocycles. The van der Waals surface area contributed by atoms with Gasteiger partial charge in [0.2, 0.25) is 5.91 Å². The zero-order chi connectivity index (χ0) is 25.7. The molecule has 0 atom stereocenters. The number of halogens is 4. The van der Waals surface area contributed by atoms with Crippen molar-refractivity contribution < 1.29 is 27.2 Å². The van der Waals surface area contributed by atoms with Crippen LogP contribution >= 0.6 is 0 Å². The van der Waals surface area contributed by atoms with Gasteiger partial charge in [-0.1, -0.05) is 24.3 Å². The molecule has 2 aromatic carbocycles. The van der Waals surface area contributed by atoms with Crippen LogP contribution in [0.1, 0.15) is 43.4 Å². The van der Waals surface area contributed by atoms with Gasteiger partial charge < -0.3 is 11.5 Å². The molecule has 0 bridgehead atoms. The van der Waals surface area contributed by atoms with E-state index in [9.17, 15) is 27.2 Å². The summed E-state index contributed by atoms with van der Waals surface area (Å²) in [6.07, 6.45) is -4.96. The van der Waals surface area contributed by atoms with Gasteiger partial charge in [0, 0.05) is 22.2 Å². The average Bonchev–Trinajstić information content (AvgIpc) is 3.10. The molecule has 35 heavy (non-hydrogen) atoms. The SMILES string of the molecule is Cc1cc(F)ccc1Cn1nc(C(F)(F)F)c(-c2c(C(N)=O)nc3ccccc3c2C(N)=O)c1C. The van der Waals surface area contributed by atoms with Crippen molar-refractivity contribution in [1.82, 2.24) is 14.8 Å². The van der Waals surface area contributed by atoms with Crippen molar-refractivity contribution in [3.8, 4) is 11.1 Å². The second kappa shape index (κ2) is 8.49. The van der Waals surface area contributed by atoms with E-state index in [4.69, 9.17) is 11.5 Å². The first kappa shape index (κ1) is 23.9. The maximum Gasteiger partial charge on any atom is 0.435 e. The number of carbonyl (C=O) groups excluding carboxylic acids is 2. The summed E-state index contributed by atoms with van der Waals surface area (Å²) in [5.74, 6) is -2.68. The van der Waals surface area contributed by atoms with Gasteiger partial charge in [-0.2, -0.15) is 18.3 Å². The lowest BCUT2D eigenvalue weighted by Gasteiger charge is -2.16. The molecule has 0 spiro atoms. The lowest BCUT2D eigenvalue weighted by molar-refractivity contribution is -0.141. The number of primary amides is 2. The predicted octanol–water partition coefficient (Wildman–Crippen LogP) is 4.12. The van der Waals surface area contributed by atoms with Crippen LogP contribution in [0.15, 0.2) is 42.5 Å². The molecule has 0 radical (unpaired) electrons. The van der Waals surface area contributed by atoms with Crippen molar-refractivity contribution in [1.29, 1.82) is 0 Å². The summed E-state index contributed by atoms with van der Waals surface area (Å²) in [5.41, 5.74) is 9.12. The molecule has 0 aliphatic carbocycles. The topological polar surface area (TPSA) is 117 Å². The van der Waals surface area contributed by atoms with Crippen LogP contribution in [0.25, 0.3) is 22.0 Å². The number of pyridine rings is 1. The summed E-state index contributed by atoms with van der Waals surface area (Å²) in [6, 6.07) is 9.98. The molecule has 0 saturated heterocycles. The average molecular weight is 485 g/mol. The molecule has 11 heteroatoms. The van der Waals surface area contributed by atoms with Gasteiger partial charge in [0.1, 0.15) is 11.5 Å². The number of carbonyl (C=O) groups is 2. The maximum atomic E-state index is 14.2. The molecule has 2 heterocycles.